The predicted octanol–water partition coefficient (Wildman–Crippen LogP) is 4.45. The molecule has 0 radical (unpaired) electrons. The first-order valence-corrected chi connectivity index (χ1v) is 6.66. The van der Waals surface area contributed by atoms with Crippen LogP contribution in [0.5, 0.6) is 0 Å². The lowest BCUT2D eigenvalue weighted by Crippen LogP contribution is -2.01. The molecule has 0 aliphatic carbocycles. The molecule has 0 rings (SSSR count). The Bertz CT molecular complexity index is 140. The normalized spacial score (nSPS) is 13.5. The second-order valence-corrected chi connectivity index (χ2v) is 4.34. The first-order chi connectivity index (χ1) is 7.31. The van der Waals surface area contributed by atoms with Crippen molar-refractivity contribution in [2.75, 3.05) is 0 Å². The van der Waals surface area contributed by atoms with Crippen molar-refractivity contribution in [3.05, 3.63) is 12.2 Å². The van der Waals surface area contributed by atoms with Gasteiger partial charge < -0.3 is 5.11 Å². The fraction of sp³-hybridized carbons (Fsp3) is 0.857. The van der Waals surface area contributed by atoms with Gasteiger partial charge in [0.15, 0.2) is 0 Å². The maximum Gasteiger partial charge on any atom is 0.0720 e. The van der Waals surface area contributed by atoms with Gasteiger partial charge in [-0.25, -0.2) is 0 Å². The third-order valence-corrected chi connectivity index (χ3v) is 2.69. The number of aliphatic hydroxyl groups excluding tert-OH is 1. The van der Waals surface area contributed by atoms with E-state index < -0.39 is 0 Å². The van der Waals surface area contributed by atoms with Gasteiger partial charge in [-0.1, -0.05) is 64.5 Å². The van der Waals surface area contributed by atoms with Crippen LogP contribution >= 0.6 is 0 Å². The molecular weight excluding hydrogens is 184 g/mol. The van der Waals surface area contributed by atoms with Gasteiger partial charge in [0.1, 0.15) is 0 Å². The predicted molar refractivity (Wildman–Crippen MR) is 68.0 cm³/mol. The van der Waals surface area contributed by atoms with E-state index >= 15 is 0 Å². The summed E-state index contributed by atoms with van der Waals surface area (Å²) in [5.74, 6) is 0. The summed E-state index contributed by atoms with van der Waals surface area (Å²) in [5, 5.41) is 9.62. The second kappa shape index (κ2) is 11.8. The van der Waals surface area contributed by atoms with Crippen molar-refractivity contribution in [1.82, 2.24) is 0 Å². The maximum absolute atomic E-state index is 9.62. The Hall–Kier alpha value is -0.300. The van der Waals surface area contributed by atoms with E-state index in [-0.39, 0.29) is 6.10 Å². The zero-order valence-electron chi connectivity index (χ0n) is 10.5. The highest BCUT2D eigenvalue weighted by Gasteiger charge is 1.97. The number of hydrogen-bond donors (Lipinski definition) is 1. The smallest absolute Gasteiger partial charge is 0.0720 e. The van der Waals surface area contributed by atoms with Crippen LogP contribution in [-0.2, 0) is 0 Å². The SMILES string of the molecule is CCCCC/C=C/C(O)CCCCCC. The van der Waals surface area contributed by atoms with Gasteiger partial charge >= 0.3 is 0 Å². The Balaban J connectivity index is 3.26. The van der Waals surface area contributed by atoms with Gasteiger partial charge in [0.05, 0.1) is 6.10 Å². The lowest BCUT2D eigenvalue weighted by atomic mass is 10.1. The first-order valence-electron chi connectivity index (χ1n) is 6.66. The minimum absolute atomic E-state index is 0.205. The number of rotatable bonds is 10. The standard InChI is InChI=1S/C14H28O/c1-3-5-7-9-11-13-14(15)12-10-8-6-4-2/h11,13-15H,3-10,12H2,1-2H3/b13-11+. The van der Waals surface area contributed by atoms with E-state index in [0.717, 1.165) is 19.3 Å². The van der Waals surface area contributed by atoms with Gasteiger partial charge in [-0.3, -0.25) is 0 Å². The van der Waals surface area contributed by atoms with Gasteiger partial charge in [0.25, 0.3) is 0 Å². The third-order valence-electron chi connectivity index (χ3n) is 2.69. The summed E-state index contributed by atoms with van der Waals surface area (Å²) in [7, 11) is 0. The highest BCUT2D eigenvalue weighted by atomic mass is 16.3. The molecule has 0 aromatic heterocycles. The molecule has 1 nitrogen and oxygen atoms in total. The van der Waals surface area contributed by atoms with Gasteiger partial charge in [-0.05, 0) is 19.3 Å². The molecule has 0 saturated carbocycles. The zero-order chi connectivity index (χ0) is 11.4. The van der Waals surface area contributed by atoms with E-state index in [2.05, 4.69) is 19.9 Å². The average molecular weight is 212 g/mol. The lowest BCUT2D eigenvalue weighted by molar-refractivity contribution is 0.207. The highest BCUT2D eigenvalue weighted by molar-refractivity contribution is 4.88. The van der Waals surface area contributed by atoms with Crippen LogP contribution in [0.25, 0.3) is 0 Å². The van der Waals surface area contributed by atoms with E-state index in [0.29, 0.717) is 0 Å². The molecule has 0 aliphatic rings. The molecule has 90 valence electrons. The molecular formula is C14H28O. The van der Waals surface area contributed by atoms with E-state index in [4.69, 9.17) is 0 Å². The van der Waals surface area contributed by atoms with Crippen molar-refractivity contribution in [1.29, 1.82) is 0 Å². The Morgan fingerprint density at radius 1 is 0.933 bits per heavy atom. The van der Waals surface area contributed by atoms with E-state index in [1.165, 1.54) is 38.5 Å². The molecule has 0 aromatic carbocycles. The quantitative estimate of drug-likeness (QED) is 0.419. The molecule has 0 fully saturated rings. The molecule has 0 saturated heterocycles. The molecule has 1 heteroatoms. The second-order valence-electron chi connectivity index (χ2n) is 4.34. The van der Waals surface area contributed by atoms with Crippen molar-refractivity contribution in [2.24, 2.45) is 0 Å². The van der Waals surface area contributed by atoms with Crippen molar-refractivity contribution >= 4 is 0 Å². The molecule has 1 N–H and O–H groups in total. The van der Waals surface area contributed by atoms with E-state index in [1.54, 1.807) is 0 Å². The highest BCUT2D eigenvalue weighted by Crippen LogP contribution is 2.07. The van der Waals surface area contributed by atoms with Crippen LogP contribution in [0.2, 0.25) is 0 Å². The Kier molecular flexibility index (Phi) is 11.5. The van der Waals surface area contributed by atoms with Crippen LogP contribution < -0.4 is 0 Å². The third kappa shape index (κ3) is 11.6. The average Bonchev–Trinajstić information content (AvgIpc) is 2.24. The molecule has 0 aliphatic heterocycles. The number of unbranched alkanes of at least 4 members (excludes halogenated alkanes) is 6. The van der Waals surface area contributed by atoms with Gasteiger partial charge in [-0.15, -0.1) is 0 Å². The Morgan fingerprint density at radius 3 is 2.27 bits per heavy atom. The number of hydrogen-bond acceptors (Lipinski definition) is 1. The van der Waals surface area contributed by atoms with Gasteiger partial charge in [-0.2, -0.15) is 0 Å². The molecule has 1 atom stereocenters. The molecule has 0 heterocycles. The molecule has 0 amide bonds. The van der Waals surface area contributed by atoms with Crippen molar-refractivity contribution in [3.8, 4) is 0 Å². The van der Waals surface area contributed by atoms with E-state index in [9.17, 15) is 5.11 Å². The van der Waals surface area contributed by atoms with Crippen molar-refractivity contribution < 1.29 is 5.11 Å². The van der Waals surface area contributed by atoms with Crippen molar-refractivity contribution in [3.63, 3.8) is 0 Å². The summed E-state index contributed by atoms with van der Waals surface area (Å²) in [6.07, 6.45) is 14.8. The van der Waals surface area contributed by atoms with Crippen LogP contribution in [0.1, 0.15) is 71.6 Å². The van der Waals surface area contributed by atoms with Gasteiger partial charge in [0, 0.05) is 0 Å². The van der Waals surface area contributed by atoms with E-state index in [1.807, 2.05) is 6.08 Å². The minimum Gasteiger partial charge on any atom is -0.389 e. The summed E-state index contributed by atoms with van der Waals surface area (Å²) >= 11 is 0. The Labute approximate surface area is 95.6 Å². The van der Waals surface area contributed by atoms with Crippen LogP contribution in [0.3, 0.4) is 0 Å². The summed E-state index contributed by atoms with van der Waals surface area (Å²) in [6, 6.07) is 0. The number of allylic oxidation sites excluding steroid dienone is 1. The summed E-state index contributed by atoms with van der Waals surface area (Å²) < 4.78 is 0. The summed E-state index contributed by atoms with van der Waals surface area (Å²) in [4.78, 5) is 0. The summed E-state index contributed by atoms with van der Waals surface area (Å²) in [6.45, 7) is 4.43. The monoisotopic (exact) mass is 212 g/mol. The lowest BCUT2D eigenvalue weighted by Gasteiger charge is -2.04. The molecule has 15 heavy (non-hydrogen) atoms. The maximum atomic E-state index is 9.62. The molecule has 0 bridgehead atoms. The molecule has 1 unspecified atom stereocenters. The van der Waals surface area contributed by atoms with Crippen LogP contribution in [0, 0.1) is 0 Å². The van der Waals surface area contributed by atoms with Crippen LogP contribution in [0.4, 0.5) is 0 Å². The fourth-order valence-corrected chi connectivity index (χ4v) is 1.64. The summed E-state index contributed by atoms with van der Waals surface area (Å²) in [5.41, 5.74) is 0. The minimum atomic E-state index is -0.205. The van der Waals surface area contributed by atoms with Crippen LogP contribution in [-0.4, -0.2) is 11.2 Å². The fourth-order valence-electron chi connectivity index (χ4n) is 1.64. The van der Waals surface area contributed by atoms with Crippen molar-refractivity contribution in [2.45, 2.75) is 77.7 Å². The van der Waals surface area contributed by atoms with Crippen LogP contribution in [0.15, 0.2) is 12.2 Å². The topological polar surface area (TPSA) is 20.2 Å². The largest absolute Gasteiger partial charge is 0.389 e. The number of aliphatic hydroxyl groups is 1. The zero-order valence-corrected chi connectivity index (χ0v) is 10.5. The molecule has 0 spiro atoms. The molecule has 0 aromatic rings. The first kappa shape index (κ1) is 14.7. The van der Waals surface area contributed by atoms with Gasteiger partial charge in [0.2, 0.25) is 0 Å². The Morgan fingerprint density at radius 2 is 1.60 bits per heavy atom.